The number of carbonyl (C=O) groups excluding carboxylic acids is 1. The van der Waals surface area contributed by atoms with E-state index in [2.05, 4.69) is 40.8 Å². The second-order valence-electron chi connectivity index (χ2n) is 12.4. The number of ether oxygens (including phenoxy) is 1. The minimum absolute atomic E-state index is 0.0000893. The fraction of sp³-hybridized carbons (Fsp3) is 0.559. The lowest BCUT2D eigenvalue weighted by Crippen LogP contribution is -2.50. The molecule has 1 fully saturated rings. The molecular weight excluding hydrogens is 566 g/mol. The summed E-state index contributed by atoms with van der Waals surface area (Å²) in [5.74, 6) is 1.50. The van der Waals surface area contributed by atoms with Gasteiger partial charge in [0.05, 0.1) is 17.5 Å². The van der Waals surface area contributed by atoms with Crippen molar-refractivity contribution in [3.63, 3.8) is 0 Å². The van der Waals surface area contributed by atoms with Gasteiger partial charge in [0.2, 0.25) is 0 Å². The zero-order valence-electron chi connectivity index (χ0n) is 25.4. The summed E-state index contributed by atoms with van der Waals surface area (Å²) in [6, 6.07) is 11.9. The number of anilines is 1. The number of rotatable bonds is 0. The number of nitrogens with zero attached hydrogens (tertiary/aromatic N) is 1. The Morgan fingerprint density at radius 1 is 1.14 bits per heavy atom. The van der Waals surface area contributed by atoms with E-state index < -0.39 is 11.0 Å². The molecule has 1 saturated carbocycles. The van der Waals surface area contributed by atoms with Crippen LogP contribution in [0, 0.1) is 17.8 Å². The standard InChI is InChI=1S/C32H40ClN3O3S.C2H6/c1-20-5-3-7-28(34)26-11-8-24(26)17-36-18-32(14-4-6-22-15-25(33)10-12-27(22)32)19-39-30-13-9-23(16-29(30)36)31(37)35-40(38)21(20)2;1-2/h3,7,9-10,12-13,15-16,20-21,24,26,28H,4-6,8,11,14,17-19,34H2,1-2H3,(H,35,37);1-2H3/b7-3+;/t20?,21?,24?,26?,28?,32-,40?;/m0./s1. The zero-order chi connectivity index (χ0) is 30.0. The van der Waals surface area contributed by atoms with Crippen LogP contribution >= 0.6 is 11.6 Å². The average molecular weight is 612 g/mol. The summed E-state index contributed by atoms with van der Waals surface area (Å²) in [7, 11) is -1.50. The number of hydrogen-bond acceptors (Lipinski definition) is 5. The summed E-state index contributed by atoms with van der Waals surface area (Å²) in [6.45, 7) is 10.2. The van der Waals surface area contributed by atoms with Gasteiger partial charge in [-0.25, -0.2) is 4.21 Å². The van der Waals surface area contributed by atoms with Crippen LogP contribution in [0.15, 0.2) is 48.6 Å². The van der Waals surface area contributed by atoms with E-state index in [1.807, 2.05) is 39.0 Å². The molecule has 8 heteroatoms. The van der Waals surface area contributed by atoms with Crippen molar-refractivity contribution in [1.29, 1.82) is 0 Å². The van der Waals surface area contributed by atoms with Crippen LogP contribution in [-0.2, 0) is 22.8 Å². The number of halogens is 1. The molecule has 2 aromatic rings. The molecule has 0 radical (unpaired) electrons. The van der Waals surface area contributed by atoms with E-state index in [-0.39, 0.29) is 28.5 Å². The number of fused-ring (bicyclic) bond motifs is 4. The zero-order valence-corrected chi connectivity index (χ0v) is 27.0. The van der Waals surface area contributed by atoms with Crippen LogP contribution in [0.1, 0.15) is 81.3 Å². The van der Waals surface area contributed by atoms with E-state index in [4.69, 9.17) is 22.1 Å². The van der Waals surface area contributed by atoms with Gasteiger partial charge in [0.15, 0.2) is 0 Å². The fourth-order valence-electron chi connectivity index (χ4n) is 7.11. The SMILES string of the molecule is CC.CC1C/C=C/C(N)C2CCC2CN2C[C@@]3(CCCc4cc(Cl)ccc43)COc3ccc(cc32)C(=O)NS(=O)C1C. The van der Waals surface area contributed by atoms with E-state index >= 15 is 0 Å². The Bertz CT molecular complexity index is 1350. The van der Waals surface area contributed by atoms with Crippen molar-refractivity contribution in [2.24, 2.45) is 23.5 Å². The summed E-state index contributed by atoms with van der Waals surface area (Å²) in [4.78, 5) is 15.7. The van der Waals surface area contributed by atoms with Gasteiger partial charge < -0.3 is 15.4 Å². The second kappa shape index (κ2) is 13.1. The molecule has 2 aliphatic carbocycles. The Hall–Kier alpha value is -2.35. The van der Waals surface area contributed by atoms with E-state index in [1.165, 1.54) is 11.1 Å². The van der Waals surface area contributed by atoms with E-state index in [0.717, 1.165) is 68.1 Å². The van der Waals surface area contributed by atoms with Crippen molar-refractivity contribution in [3.05, 3.63) is 70.3 Å². The number of amides is 1. The molecule has 6 unspecified atom stereocenters. The molecule has 1 amide bonds. The highest BCUT2D eigenvalue weighted by Crippen LogP contribution is 2.46. The number of hydrogen-bond donors (Lipinski definition) is 2. The van der Waals surface area contributed by atoms with Crippen molar-refractivity contribution >= 4 is 34.2 Å². The Morgan fingerprint density at radius 3 is 2.71 bits per heavy atom. The van der Waals surface area contributed by atoms with Crippen molar-refractivity contribution < 1.29 is 13.7 Å². The van der Waals surface area contributed by atoms with Gasteiger partial charge in [0.25, 0.3) is 5.91 Å². The molecule has 0 saturated heterocycles. The van der Waals surface area contributed by atoms with Crippen molar-refractivity contribution in [3.8, 4) is 5.75 Å². The minimum Gasteiger partial charge on any atom is -0.490 e. The van der Waals surface area contributed by atoms with Crippen molar-refractivity contribution in [2.45, 2.75) is 82.9 Å². The molecule has 2 aliphatic heterocycles. The highest BCUT2D eigenvalue weighted by atomic mass is 35.5. The van der Waals surface area contributed by atoms with Gasteiger partial charge in [-0.1, -0.05) is 50.6 Å². The predicted octanol–water partition coefficient (Wildman–Crippen LogP) is 6.57. The van der Waals surface area contributed by atoms with E-state index in [9.17, 15) is 9.00 Å². The third kappa shape index (κ3) is 6.15. The molecule has 6 rings (SSSR count). The first-order valence-corrected chi connectivity index (χ1v) is 17.3. The molecule has 2 bridgehead atoms. The lowest BCUT2D eigenvalue weighted by atomic mass is 9.68. The van der Waals surface area contributed by atoms with Crippen LogP contribution in [-0.4, -0.2) is 41.1 Å². The Labute approximate surface area is 259 Å². The quantitative estimate of drug-likeness (QED) is 0.329. The molecule has 228 valence electrons. The molecule has 2 aromatic carbocycles. The Balaban J connectivity index is 0.00000173. The number of allylic oxidation sites excluding steroid dienone is 1. The molecule has 3 N–H and O–H groups in total. The predicted molar refractivity (Wildman–Crippen MR) is 174 cm³/mol. The first-order valence-electron chi connectivity index (χ1n) is 15.7. The number of benzene rings is 2. The third-order valence-electron chi connectivity index (χ3n) is 9.92. The smallest absolute Gasteiger partial charge is 0.263 e. The van der Waals surface area contributed by atoms with Gasteiger partial charge in [-0.2, -0.15) is 0 Å². The van der Waals surface area contributed by atoms with Gasteiger partial charge in [-0.15, -0.1) is 0 Å². The monoisotopic (exact) mass is 611 g/mol. The van der Waals surface area contributed by atoms with Crippen LogP contribution in [0.5, 0.6) is 5.75 Å². The van der Waals surface area contributed by atoms with Gasteiger partial charge in [0, 0.05) is 35.1 Å². The molecule has 42 heavy (non-hydrogen) atoms. The van der Waals surface area contributed by atoms with E-state index in [1.54, 1.807) is 6.07 Å². The van der Waals surface area contributed by atoms with Crippen LogP contribution in [0.2, 0.25) is 5.02 Å². The van der Waals surface area contributed by atoms with E-state index in [0.29, 0.717) is 24.0 Å². The molecule has 2 heterocycles. The number of nitrogens with two attached hydrogens (primary N) is 1. The number of nitrogens with one attached hydrogen (secondary N) is 1. The van der Waals surface area contributed by atoms with Crippen LogP contribution in [0.25, 0.3) is 0 Å². The first-order chi connectivity index (χ1) is 20.2. The largest absolute Gasteiger partial charge is 0.490 e. The van der Waals surface area contributed by atoms with Gasteiger partial charge in [-0.05, 0) is 105 Å². The molecule has 7 atom stereocenters. The topological polar surface area (TPSA) is 84.7 Å². The first kappa shape index (κ1) is 31.1. The number of aryl methyl sites for hydroxylation is 1. The highest BCUT2D eigenvalue weighted by Gasteiger charge is 2.44. The maximum atomic E-state index is 13.3. The summed E-state index contributed by atoms with van der Waals surface area (Å²) >= 11 is 6.40. The lowest BCUT2D eigenvalue weighted by Gasteiger charge is -2.45. The second-order valence-corrected chi connectivity index (χ2v) is 14.4. The van der Waals surface area contributed by atoms with Crippen LogP contribution in [0.4, 0.5) is 5.69 Å². The fourth-order valence-corrected chi connectivity index (χ4v) is 8.32. The van der Waals surface area contributed by atoms with Gasteiger partial charge in [0.1, 0.15) is 16.7 Å². The average Bonchev–Trinajstić information content (AvgIpc) is 3.12. The number of carbonyl (C=O) groups is 1. The van der Waals surface area contributed by atoms with Gasteiger partial charge in [-0.3, -0.25) is 9.52 Å². The lowest BCUT2D eigenvalue weighted by molar-refractivity contribution is 0.0982. The van der Waals surface area contributed by atoms with Crippen LogP contribution in [0.3, 0.4) is 0 Å². The normalized spacial score (nSPS) is 33.4. The maximum absolute atomic E-state index is 13.3. The summed E-state index contributed by atoms with van der Waals surface area (Å²) in [5.41, 5.74) is 10.6. The molecule has 0 aromatic heterocycles. The highest BCUT2D eigenvalue weighted by molar-refractivity contribution is 7.84. The molecule has 6 nitrogen and oxygen atoms in total. The molecule has 1 spiro atoms. The summed E-state index contributed by atoms with van der Waals surface area (Å²) < 4.78 is 22.4. The minimum atomic E-state index is -1.50. The molecule has 4 aliphatic rings. The van der Waals surface area contributed by atoms with Crippen molar-refractivity contribution in [1.82, 2.24) is 4.72 Å². The van der Waals surface area contributed by atoms with Crippen molar-refractivity contribution in [2.75, 3.05) is 24.6 Å². The van der Waals surface area contributed by atoms with Gasteiger partial charge >= 0.3 is 0 Å². The summed E-state index contributed by atoms with van der Waals surface area (Å²) in [5, 5.41) is 0.587. The maximum Gasteiger partial charge on any atom is 0.263 e. The van der Waals surface area contributed by atoms with Crippen LogP contribution < -0.4 is 20.1 Å². The summed E-state index contributed by atoms with van der Waals surface area (Å²) in [6.07, 6.45) is 10.5. The Kier molecular flexibility index (Phi) is 9.70. The Morgan fingerprint density at radius 2 is 1.95 bits per heavy atom. The molecular formula is C34H46ClN3O3S. The third-order valence-corrected chi connectivity index (χ3v) is 11.7.